The standard InChI is InChI=1S/C18H14OS.C4HF10NO4S2/c19-15-11-13-18(14-12-15)20(16-7-3-1-4-8-16)17-9-5-2-6-10-17;5-1(6,7)3(11,12)20(16,17)15-21(18,19)4(13,14)2(8,9)10/h1-14H;15H/p+1. The van der Waals surface area contributed by atoms with Crippen molar-refractivity contribution in [1.82, 2.24) is 4.13 Å². The summed E-state index contributed by atoms with van der Waals surface area (Å²) >= 11 is 0. The van der Waals surface area contributed by atoms with Gasteiger partial charge in [-0.05, 0) is 48.5 Å². The van der Waals surface area contributed by atoms with Gasteiger partial charge in [-0.25, -0.2) is 16.8 Å². The summed E-state index contributed by atoms with van der Waals surface area (Å²) in [4.78, 5) is 3.77. The number of hydrogen-bond acceptors (Lipinski definition) is 5. The monoisotopic (exact) mass is 660 g/mol. The summed E-state index contributed by atoms with van der Waals surface area (Å²) in [5.41, 5.74) is 0. The van der Waals surface area contributed by atoms with Gasteiger partial charge in [0.25, 0.3) is 20.0 Å². The molecule has 0 bridgehead atoms. The molecule has 3 aromatic carbocycles. The Kier molecular flexibility index (Phi) is 10.1. The molecule has 0 fully saturated rings. The molecule has 226 valence electrons. The van der Waals surface area contributed by atoms with Gasteiger partial charge in [0.15, 0.2) is 14.7 Å². The van der Waals surface area contributed by atoms with E-state index >= 15 is 0 Å². The van der Waals surface area contributed by atoms with Crippen LogP contribution < -0.4 is 4.13 Å². The molecule has 3 rings (SSSR count). The number of benzene rings is 3. The molecule has 0 amide bonds. The first-order chi connectivity index (χ1) is 18.6. The first kappa shape index (κ1) is 34.2. The fourth-order valence-corrected chi connectivity index (χ4v) is 7.34. The smallest absolute Gasteiger partial charge is 0.471 e. The van der Waals surface area contributed by atoms with Gasteiger partial charge in [-0.1, -0.05) is 40.5 Å². The van der Waals surface area contributed by atoms with Crippen molar-refractivity contribution in [3.05, 3.63) is 84.9 Å². The molecule has 0 aromatic heterocycles. The quantitative estimate of drug-likeness (QED) is 0.238. The highest BCUT2D eigenvalue weighted by Crippen LogP contribution is 2.43. The van der Waals surface area contributed by atoms with Crippen LogP contribution in [-0.4, -0.2) is 44.8 Å². The van der Waals surface area contributed by atoms with E-state index in [0.717, 1.165) is 0 Å². The van der Waals surface area contributed by atoms with Crippen molar-refractivity contribution in [2.75, 3.05) is 0 Å². The van der Waals surface area contributed by atoms with Crippen LogP contribution in [0.25, 0.3) is 0 Å². The number of alkyl halides is 10. The first-order valence-electron chi connectivity index (χ1n) is 10.4. The van der Waals surface area contributed by atoms with Crippen LogP contribution in [0.4, 0.5) is 43.9 Å². The minimum Gasteiger partial charge on any atom is -0.508 e. The van der Waals surface area contributed by atoms with Crippen LogP contribution in [0.1, 0.15) is 0 Å². The van der Waals surface area contributed by atoms with Crippen LogP contribution in [0.3, 0.4) is 0 Å². The maximum atomic E-state index is 12.4. The molecule has 2 N–H and O–H groups in total. The van der Waals surface area contributed by atoms with Gasteiger partial charge in [-0.15, -0.1) is 0 Å². The van der Waals surface area contributed by atoms with Crippen molar-refractivity contribution in [3.8, 4) is 5.75 Å². The molecule has 0 heterocycles. The average Bonchev–Trinajstić information content (AvgIpc) is 2.85. The molecule has 0 aliphatic rings. The van der Waals surface area contributed by atoms with Crippen molar-refractivity contribution >= 4 is 30.9 Å². The predicted molar refractivity (Wildman–Crippen MR) is 126 cm³/mol. The Morgan fingerprint density at radius 3 is 1.10 bits per heavy atom. The van der Waals surface area contributed by atoms with Gasteiger partial charge in [-0.3, -0.25) is 0 Å². The number of phenolic OH excluding ortho intramolecular Hbond substituents is 1. The minimum atomic E-state index is -7.49. The van der Waals surface area contributed by atoms with E-state index in [4.69, 9.17) is 0 Å². The number of nitrogens with one attached hydrogen (secondary N) is 1. The zero-order chi connectivity index (χ0) is 31.5. The van der Waals surface area contributed by atoms with E-state index in [2.05, 4.69) is 48.5 Å². The van der Waals surface area contributed by atoms with Crippen LogP contribution in [0.15, 0.2) is 99.6 Å². The van der Waals surface area contributed by atoms with Gasteiger partial charge in [0.1, 0.15) is 5.75 Å². The van der Waals surface area contributed by atoms with Crippen LogP contribution in [-0.2, 0) is 30.9 Å². The Hall–Kier alpha value is -3.03. The number of rotatable bonds is 7. The molecule has 0 spiro atoms. The second-order valence-corrected chi connectivity index (χ2v) is 13.3. The Morgan fingerprint density at radius 1 is 0.512 bits per heavy atom. The fraction of sp³-hybridized carbons (Fsp3) is 0.182. The lowest BCUT2D eigenvalue weighted by Crippen LogP contribution is -2.57. The van der Waals surface area contributed by atoms with E-state index in [-0.39, 0.29) is 10.9 Å². The lowest BCUT2D eigenvalue weighted by atomic mass is 10.3. The molecule has 41 heavy (non-hydrogen) atoms. The number of phenols is 1. The summed E-state index contributed by atoms with van der Waals surface area (Å²) in [7, 11) is -15.1. The molecule has 19 heteroatoms. The molecule has 6 nitrogen and oxygen atoms in total. The SMILES string of the molecule is O=S(=O)(NS(=O)(=O)C(F)(F)C(F)(F)F)C(F)(F)C(F)(F)F.Oc1ccc([S+](c2ccccc2)c2ccccc2)cc1. The van der Waals surface area contributed by atoms with E-state index in [1.807, 2.05) is 24.3 Å². The van der Waals surface area contributed by atoms with Crippen molar-refractivity contribution in [3.63, 3.8) is 0 Å². The lowest BCUT2D eigenvalue weighted by Gasteiger charge is -2.23. The molecular weight excluding hydrogens is 644 g/mol. The predicted octanol–water partition coefficient (Wildman–Crippen LogP) is 6.03. The maximum absolute atomic E-state index is 12.4. The zero-order valence-corrected chi connectivity index (χ0v) is 22.1. The number of halogens is 10. The van der Waals surface area contributed by atoms with Crippen LogP contribution in [0.2, 0.25) is 0 Å². The van der Waals surface area contributed by atoms with Crippen LogP contribution in [0, 0.1) is 0 Å². The Bertz CT molecular complexity index is 1420. The molecular formula is C22H16F10NO5S3+. The van der Waals surface area contributed by atoms with E-state index in [1.54, 1.807) is 12.1 Å². The van der Waals surface area contributed by atoms with Gasteiger partial charge in [0.05, 0.1) is 10.9 Å². The van der Waals surface area contributed by atoms with Crippen LogP contribution >= 0.6 is 0 Å². The summed E-state index contributed by atoms with van der Waals surface area (Å²) in [6.45, 7) is 0. The molecule has 3 aromatic rings. The normalized spacial score (nSPS) is 13.4. The van der Waals surface area contributed by atoms with E-state index < -0.39 is 47.0 Å². The molecule has 0 aliphatic heterocycles. The number of hydrogen-bond donors (Lipinski definition) is 2. The Balaban J connectivity index is 0.000000287. The second-order valence-electron chi connectivity index (χ2n) is 7.55. The minimum absolute atomic E-state index is 0.134. The third-order valence-corrected chi connectivity index (χ3v) is 10.4. The van der Waals surface area contributed by atoms with Gasteiger partial charge in [0.2, 0.25) is 0 Å². The summed E-state index contributed by atoms with van der Waals surface area (Å²) < 4.78 is 160. The van der Waals surface area contributed by atoms with Crippen molar-refractivity contribution in [1.29, 1.82) is 0 Å². The van der Waals surface area contributed by atoms with Gasteiger partial charge >= 0.3 is 22.9 Å². The van der Waals surface area contributed by atoms with E-state index in [1.165, 1.54) is 14.7 Å². The first-order valence-corrected chi connectivity index (χ1v) is 14.5. The Morgan fingerprint density at radius 2 is 0.805 bits per heavy atom. The molecule has 0 unspecified atom stereocenters. The third-order valence-electron chi connectivity index (χ3n) is 4.58. The summed E-state index contributed by atoms with van der Waals surface area (Å²) in [6.07, 6.45) is -13.9. The number of sulfonamides is 2. The van der Waals surface area contributed by atoms with E-state index in [0.29, 0.717) is 5.75 Å². The van der Waals surface area contributed by atoms with Gasteiger partial charge in [0, 0.05) is 0 Å². The third kappa shape index (κ3) is 7.63. The van der Waals surface area contributed by atoms with E-state index in [9.17, 15) is 65.8 Å². The molecule has 0 radical (unpaired) electrons. The van der Waals surface area contributed by atoms with Crippen LogP contribution in [0.5, 0.6) is 5.75 Å². The average molecular weight is 661 g/mol. The summed E-state index contributed by atoms with van der Waals surface area (Å²) in [6, 6.07) is 28.5. The highest BCUT2D eigenvalue weighted by Gasteiger charge is 2.73. The summed E-state index contributed by atoms with van der Waals surface area (Å²) in [5.74, 6) is 0.304. The highest BCUT2D eigenvalue weighted by molar-refractivity contribution is 8.05. The molecule has 0 saturated carbocycles. The second kappa shape index (κ2) is 12.1. The van der Waals surface area contributed by atoms with Gasteiger partial charge in [-0.2, -0.15) is 43.9 Å². The van der Waals surface area contributed by atoms with Gasteiger partial charge < -0.3 is 5.11 Å². The Labute approximate surface area is 229 Å². The lowest BCUT2D eigenvalue weighted by molar-refractivity contribution is -0.242. The fourth-order valence-electron chi connectivity index (χ4n) is 2.66. The molecule has 0 atom stereocenters. The maximum Gasteiger partial charge on any atom is 0.471 e. The topological polar surface area (TPSA) is 101 Å². The zero-order valence-electron chi connectivity index (χ0n) is 19.7. The highest BCUT2D eigenvalue weighted by atomic mass is 32.3. The summed E-state index contributed by atoms with van der Waals surface area (Å²) in [5, 5.41) is -4.39. The largest absolute Gasteiger partial charge is 0.508 e. The van der Waals surface area contributed by atoms with Crippen molar-refractivity contribution in [2.24, 2.45) is 0 Å². The number of aromatic hydroxyl groups is 1. The van der Waals surface area contributed by atoms with Crippen molar-refractivity contribution in [2.45, 2.75) is 37.5 Å². The van der Waals surface area contributed by atoms with Crippen molar-refractivity contribution < 1.29 is 65.8 Å². The molecule has 0 saturated heterocycles. The molecule has 0 aliphatic carbocycles.